The number of aryl methyl sites for hydroxylation is 1. The zero-order valence-electron chi connectivity index (χ0n) is 25.7. The summed E-state index contributed by atoms with van der Waals surface area (Å²) < 4.78 is 17.9. The third-order valence-corrected chi connectivity index (χ3v) is 9.83. The van der Waals surface area contributed by atoms with E-state index >= 15 is 0 Å². The summed E-state index contributed by atoms with van der Waals surface area (Å²) in [6.45, 7) is 4.77. The Labute approximate surface area is 274 Å². The summed E-state index contributed by atoms with van der Waals surface area (Å²) in [5.74, 6) is -0.228. The Hall–Kier alpha value is -4.61. The number of unbranched alkanes of at least 4 members (excludes halogenated alkanes) is 2. The van der Waals surface area contributed by atoms with Crippen molar-refractivity contribution < 1.29 is 28.6 Å². The molecule has 0 spiro atoms. The molecule has 3 heterocycles. The van der Waals surface area contributed by atoms with Crippen LogP contribution in [0.3, 0.4) is 0 Å². The lowest BCUT2D eigenvalue weighted by Crippen LogP contribution is -2.31. The number of amides is 1. The number of hydrogen-bond acceptors (Lipinski definition) is 10. The molecule has 0 saturated carbocycles. The molecule has 46 heavy (non-hydrogen) atoms. The van der Waals surface area contributed by atoms with Crippen molar-refractivity contribution in [3.05, 3.63) is 107 Å². The van der Waals surface area contributed by atoms with Crippen LogP contribution in [0, 0.1) is 6.92 Å². The van der Waals surface area contributed by atoms with Gasteiger partial charge >= 0.3 is 0 Å². The molecule has 1 unspecified atom stereocenters. The van der Waals surface area contributed by atoms with Gasteiger partial charge in [-0.3, -0.25) is 14.5 Å². The van der Waals surface area contributed by atoms with Crippen molar-refractivity contribution in [3.63, 3.8) is 0 Å². The maximum atomic E-state index is 14.1. The van der Waals surface area contributed by atoms with Crippen molar-refractivity contribution in [1.82, 2.24) is 10.2 Å². The highest BCUT2D eigenvalue weighted by Crippen LogP contribution is 2.45. The number of furan rings is 1. The predicted octanol–water partition coefficient (Wildman–Crippen LogP) is 8.25. The molecule has 5 aromatic rings. The Morgan fingerprint density at radius 3 is 2.59 bits per heavy atom. The molecule has 1 aliphatic rings. The van der Waals surface area contributed by atoms with E-state index in [2.05, 4.69) is 41.4 Å². The van der Waals surface area contributed by atoms with Gasteiger partial charge in [0.15, 0.2) is 27.2 Å². The van der Waals surface area contributed by atoms with Gasteiger partial charge in [0.2, 0.25) is 10.9 Å². The van der Waals surface area contributed by atoms with Crippen LogP contribution in [0.25, 0.3) is 11.0 Å². The number of fused-ring (bicyclic) bond motifs is 1. The first-order chi connectivity index (χ1) is 22.4. The number of ether oxygens (including phenoxy) is 2. The number of thioether (sulfide) groups is 1. The molecule has 1 N–H and O–H groups in total. The van der Waals surface area contributed by atoms with Crippen molar-refractivity contribution in [2.24, 2.45) is 0 Å². The Morgan fingerprint density at radius 1 is 1.07 bits per heavy atom. The normalized spacial score (nSPS) is 14.8. The average molecular weight is 656 g/mol. The largest absolute Gasteiger partial charge is 0.503 e. The molecule has 1 atom stereocenters. The number of rotatable bonds is 13. The lowest BCUT2D eigenvalue weighted by Gasteiger charge is -2.24. The van der Waals surface area contributed by atoms with Crippen LogP contribution in [0.4, 0.5) is 5.13 Å². The lowest BCUT2D eigenvalue weighted by atomic mass is 9.95. The van der Waals surface area contributed by atoms with Crippen molar-refractivity contribution in [1.29, 1.82) is 0 Å². The standard InChI is InChI=1S/C35H33N3O6S2/c1-4-5-6-18-43-25-16-14-23(15-17-25)29-28(30(39)27-19-24-8-7-9-26(42-3)32(24)44-27)31(40)33(41)38(29)34-36-37-35(46-34)45-20-22-12-10-21(2)11-13-22/h7-17,19,29,40H,4-6,18,20H2,1-3H3. The fourth-order valence-corrected chi connectivity index (χ4v) is 7.09. The highest BCUT2D eigenvalue weighted by atomic mass is 32.2. The summed E-state index contributed by atoms with van der Waals surface area (Å²) in [6, 6.07) is 21.4. The second-order valence-corrected chi connectivity index (χ2v) is 13.1. The molecule has 2 aromatic heterocycles. The van der Waals surface area contributed by atoms with Gasteiger partial charge in [-0.1, -0.05) is 97.0 Å². The predicted molar refractivity (Wildman–Crippen MR) is 179 cm³/mol. The van der Waals surface area contributed by atoms with Crippen molar-refractivity contribution in [2.75, 3.05) is 18.6 Å². The van der Waals surface area contributed by atoms with E-state index in [1.165, 1.54) is 40.7 Å². The van der Waals surface area contributed by atoms with Gasteiger partial charge in [-0.2, -0.15) is 0 Å². The number of anilines is 1. The first-order valence-corrected chi connectivity index (χ1v) is 16.8. The second-order valence-electron chi connectivity index (χ2n) is 10.9. The molecule has 0 aliphatic carbocycles. The van der Waals surface area contributed by atoms with Crippen molar-refractivity contribution in [3.8, 4) is 11.5 Å². The monoisotopic (exact) mass is 655 g/mol. The Bertz CT molecular complexity index is 1900. The summed E-state index contributed by atoms with van der Waals surface area (Å²) in [6.07, 6.45) is 3.12. The first kappa shape index (κ1) is 31.4. The molecule has 0 bridgehead atoms. The molecule has 236 valence electrons. The van der Waals surface area contributed by atoms with Gasteiger partial charge in [0.1, 0.15) is 5.75 Å². The minimum atomic E-state index is -0.979. The number of para-hydroxylation sites is 1. The van der Waals surface area contributed by atoms with Crippen molar-refractivity contribution in [2.45, 2.75) is 49.2 Å². The summed E-state index contributed by atoms with van der Waals surface area (Å²) in [4.78, 5) is 29.1. The number of carbonyl (C=O) groups excluding carboxylic acids is 2. The third-order valence-electron chi connectivity index (χ3n) is 7.70. The Kier molecular flexibility index (Phi) is 9.41. The third kappa shape index (κ3) is 6.38. The van der Waals surface area contributed by atoms with Crippen LogP contribution in [0.2, 0.25) is 0 Å². The van der Waals surface area contributed by atoms with Crippen LogP contribution in [-0.4, -0.2) is 40.7 Å². The van der Waals surface area contributed by atoms with Crippen LogP contribution >= 0.6 is 23.1 Å². The number of aliphatic hydroxyl groups is 1. The van der Waals surface area contributed by atoms with E-state index in [1.807, 2.05) is 6.92 Å². The van der Waals surface area contributed by atoms with E-state index in [1.54, 1.807) is 48.5 Å². The maximum Gasteiger partial charge on any atom is 0.296 e. The van der Waals surface area contributed by atoms with Crippen LogP contribution in [-0.2, 0) is 10.5 Å². The van der Waals surface area contributed by atoms with Gasteiger partial charge < -0.3 is 19.0 Å². The number of benzene rings is 3. The number of nitrogens with zero attached hydrogens (tertiary/aromatic N) is 3. The number of carbonyl (C=O) groups is 2. The van der Waals surface area contributed by atoms with Gasteiger partial charge in [-0.05, 0) is 48.7 Å². The Morgan fingerprint density at radius 2 is 1.85 bits per heavy atom. The minimum absolute atomic E-state index is 0.0248. The SMILES string of the molecule is CCCCCOc1ccc(C2C(C(=O)c3cc4cccc(OC)c4o3)=C(O)C(=O)N2c2nnc(SCc3ccc(C)cc3)s2)cc1. The van der Waals surface area contributed by atoms with Crippen molar-refractivity contribution >= 4 is 50.9 Å². The van der Waals surface area contributed by atoms with Crippen LogP contribution in [0.15, 0.2) is 92.9 Å². The number of aromatic nitrogens is 2. The van der Waals surface area contributed by atoms with Gasteiger partial charge in [0, 0.05) is 11.1 Å². The Balaban J connectivity index is 1.33. The van der Waals surface area contributed by atoms with Crippen LogP contribution in [0.1, 0.15) is 59.5 Å². The number of Topliss-reactive ketones (excluding diaryl/α,β-unsaturated/α-hetero) is 1. The fraction of sp³-hybridized carbons (Fsp3) is 0.257. The minimum Gasteiger partial charge on any atom is -0.503 e. The average Bonchev–Trinajstić information content (AvgIpc) is 3.79. The lowest BCUT2D eigenvalue weighted by molar-refractivity contribution is -0.117. The molecule has 6 rings (SSSR count). The summed E-state index contributed by atoms with van der Waals surface area (Å²) in [5.41, 5.74) is 3.20. The van der Waals surface area contributed by atoms with Gasteiger partial charge in [-0.15, -0.1) is 10.2 Å². The smallest absolute Gasteiger partial charge is 0.296 e. The summed E-state index contributed by atoms with van der Waals surface area (Å²) in [7, 11) is 1.52. The molecule has 3 aromatic carbocycles. The van der Waals surface area contributed by atoms with Gasteiger partial charge in [0.05, 0.1) is 25.3 Å². The molecular weight excluding hydrogens is 623 g/mol. The first-order valence-electron chi connectivity index (χ1n) is 15.0. The van der Waals surface area contributed by atoms with Crippen LogP contribution < -0.4 is 14.4 Å². The maximum absolute atomic E-state index is 14.1. The molecule has 9 nitrogen and oxygen atoms in total. The zero-order valence-corrected chi connectivity index (χ0v) is 27.3. The molecule has 11 heteroatoms. The van der Waals surface area contributed by atoms with E-state index in [9.17, 15) is 14.7 Å². The van der Waals surface area contributed by atoms with E-state index < -0.39 is 23.5 Å². The van der Waals surface area contributed by atoms with Gasteiger partial charge in [-0.25, -0.2) is 0 Å². The molecule has 1 aliphatic heterocycles. The van der Waals surface area contributed by atoms with Crippen LogP contribution in [0.5, 0.6) is 11.5 Å². The fourth-order valence-electron chi connectivity index (χ4n) is 5.27. The topological polar surface area (TPSA) is 115 Å². The zero-order chi connectivity index (χ0) is 32.2. The van der Waals surface area contributed by atoms with E-state index in [0.717, 1.165) is 24.8 Å². The quantitative estimate of drug-likeness (QED) is 0.0579. The van der Waals surface area contributed by atoms with E-state index in [4.69, 9.17) is 13.9 Å². The van der Waals surface area contributed by atoms with Gasteiger partial charge in [0.25, 0.3) is 5.91 Å². The molecule has 1 amide bonds. The summed E-state index contributed by atoms with van der Waals surface area (Å²) >= 11 is 2.73. The van der Waals surface area contributed by atoms with E-state index in [-0.39, 0.29) is 16.5 Å². The number of methoxy groups -OCH3 is 1. The second kappa shape index (κ2) is 13.8. The number of ketones is 1. The van der Waals surface area contributed by atoms with E-state index in [0.29, 0.717) is 44.7 Å². The highest BCUT2D eigenvalue weighted by Gasteiger charge is 2.47. The summed E-state index contributed by atoms with van der Waals surface area (Å²) in [5, 5.41) is 20.8. The molecule has 0 radical (unpaired) electrons. The number of hydrogen-bond donors (Lipinski definition) is 1. The molecule has 0 saturated heterocycles. The highest BCUT2D eigenvalue weighted by molar-refractivity contribution is 8.00. The molecule has 0 fully saturated rings. The molecular formula is C35H33N3O6S2. The number of aliphatic hydroxyl groups excluding tert-OH is 1.